The van der Waals surface area contributed by atoms with Crippen molar-refractivity contribution in [2.45, 2.75) is 33.6 Å². The fraction of sp³-hybridized carbons (Fsp3) is 0.333. The zero-order valence-corrected chi connectivity index (χ0v) is 12.4. The topological polar surface area (TPSA) is 75.9 Å². The smallest absolute Gasteiger partial charge is 0.148 e. The molecule has 4 N–H and O–H groups in total. The van der Waals surface area contributed by atoms with Gasteiger partial charge in [0.1, 0.15) is 17.5 Å². The summed E-state index contributed by atoms with van der Waals surface area (Å²) in [5.74, 6) is 7.96. The van der Waals surface area contributed by atoms with E-state index in [0.29, 0.717) is 5.82 Å². The predicted octanol–water partition coefficient (Wildman–Crippen LogP) is 3.25. The van der Waals surface area contributed by atoms with Crippen LogP contribution in [0.1, 0.15) is 36.7 Å². The molecule has 5 heteroatoms. The number of rotatable bonds is 4. The second-order valence-corrected chi connectivity index (χ2v) is 5.19. The van der Waals surface area contributed by atoms with Crippen LogP contribution in [0.15, 0.2) is 24.3 Å². The Balaban J connectivity index is 2.39. The van der Waals surface area contributed by atoms with Gasteiger partial charge in [0.05, 0.1) is 0 Å². The number of nitrogen functional groups attached to an aromatic ring is 1. The Morgan fingerprint density at radius 2 is 1.60 bits per heavy atom. The second-order valence-electron chi connectivity index (χ2n) is 5.19. The van der Waals surface area contributed by atoms with Crippen LogP contribution in [-0.2, 0) is 0 Å². The fourth-order valence-electron chi connectivity index (χ4n) is 1.83. The van der Waals surface area contributed by atoms with E-state index < -0.39 is 0 Å². The molecule has 0 amide bonds. The third-order valence-electron chi connectivity index (χ3n) is 3.13. The van der Waals surface area contributed by atoms with Gasteiger partial charge in [-0.15, -0.1) is 0 Å². The quantitative estimate of drug-likeness (QED) is 0.588. The van der Waals surface area contributed by atoms with Gasteiger partial charge in [-0.25, -0.2) is 15.8 Å². The summed E-state index contributed by atoms with van der Waals surface area (Å²) in [5, 5.41) is 3.32. The number of hydrogen-bond donors (Lipinski definition) is 3. The second kappa shape index (κ2) is 5.88. The Morgan fingerprint density at radius 1 is 1.00 bits per heavy atom. The Bertz CT molecular complexity index is 590. The maximum Gasteiger partial charge on any atom is 0.148 e. The molecule has 0 atom stereocenters. The third-order valence-corrected chi connectivity index (χ3v) is 3.13. The van der Waals surface area contributed by atoms with Crippen molar-refractivity contribution >= 4 is 17.3 Å². The van der Waals surface area contributed by atoms with Crippen molar-refractivity contribution in [2.24, 2.45) is 5.84 Å². The lowest BCUT2D eigenvalue weighted by molar-refractivity contribution is 0.774. The van der Waals surface area contributed by atoms with Crippen molar-refractivity contribution < 1.29 is 0 Å². The van der Waals surface area contributed by atoms with Crippen molar-refractivity contribution in [1.29, 1.82) is 0 Å². The molecule has 20 heavy (non-hydrogen) atoms. The summed E-state index contributed by atoms with van der Waals surface area (Å²) in [6.07, 6.45) is 0. The van der Waals surface area contributed by atoms with Gasteiger partial charge in [-0.05, 0) is 26.0 Å². The average Bonchev–Trinajstić information content (AvgIpc) is 2.43. The number of nitrogens with zero attached hydrogens (tertiary/aromatic N) is 2. The van der Waals surface area contributed by atoms with Crippen molar-refractivity contribution in [3.63, 3.8) is 0 Å². The molecule has 0 aliphatic heterocycles. The van der Waals surface area contributed by atoms with Gasteiger partial charge in [0.2, 0.25) is 0 Å². The molecule has 5 nitrogen and oxygen atoms in total. The summed E-state index contributed by atoms with van der Waals surface area (Å²) in [6, 6.07) is 8.18. The van der Waals surface area contributed by atoms with E-state index in [1.54, 1.807) is 0 Å². The molecule has 0 unspecified atom stereocenters. The molecule has 0 radical (unpaired) electrons. The molecule has 0 saturated heterocycles. The van der Waals surface area contributed by atoms with E-state index in [1.807, 2.05) is 19.1 Å². The molecule has 1 aromatic carbocycles. The minimum absolute atomic E-state index is 0.237. The normalized spacial score (nSPS) is 10.7. The van der Waals surface area contributed by atoms with Crippen LogP contribution in [-0.4, -0.2) is 9.97 Å². The number of hydrazine groups is 1. The van der Waals surface area contributed by atoms with Crippen LogP contribution >= 0.6 is 0 Å². The van der Waals surface area contributed by atoms with Crippen LogP contribution in [0.2, 0.25) is 0 Å². The van der Waals surface area contributed by atoms with Gasteiger partial charge in [-0.1, -0.05) is 31.5 Å². The van der Waals surface area contributed by atoms with Crippen LogP contribution in [0.25, 0.3) is 0 Å². The standard InChI is InChI=1S/C15H21N5/c1-9(2)13-18-14(11(4)15(19-13)20-16)17-12-7-5-10(3)6-8-12/h5-9H,16H2,1-4H3,(H2,17,18,19,20). The Morgan fingerprint density at radius 3 is 2.15 bits per heavy atom. The molecule has 0 spiro atoms. The maximum atomic E-state index is 5.53. The zero-order chi connectivity index (χ0) is 14.7. The van der Waals surface area contributed by atoms with Crippen molar-refractivity contribution in [2.75, 3.05) is 10.7 Å². The van der Waals surface area contributed by atoms with Crippen LogP contribution in [0.4, 0.5) is 17.3 Å². The number of benzene rings is 1. The molecule has 0 saturated carbocycles. The van der Waals surface area contributed by atoms with E-state index in [1.165, 1.54) is 5.56 Å². The SMILES string of the molecule is Cc1ccc(Nc2nc(C(C)C)nc(NN)c2C)cc1. The average molecular weight is 271 g/mol. The van der Waals surface area contributed by atoms with Crippen LogP contribution in [0.3, 0.4) is 0 Å². The Hall–Kier alpha value is -2.14. The number of anilines is 3. The molecule has 1 heterocycles. The number of hydrogen-bond acceptors (Lipinski definition) is 5. The van der Waals surface area contributed by atoms with Gasteiger partial charge < -0.3 is 10.7 Å². The first-order valence-corrected chi connectivity index (χ1v) is 6.70. The molecule has 0 aliphatic carbocycles. The molecular formula is C15H21N5. The van der Waals surface area contributed by atoms with E-state index >= 15 is 0 Å². The van der Waals surface area contributed by atoms with E-state index in [2.05, 4.69) is 53.6 Å². The first kappa shape index (κ1) is 14.3. The predicted molar refractivity (Wildman–Crippen MR) is 83.1 cm³/mol. The molecule has 2 aromatic rings. The van der Waals surface area contributed by atoms with Crippen molar-refractivity contribution in [3.05, 3.63) is 41.2 Å². The van der Waals surface area contributed by atoms with E-state index in [0.717, 1.165) is 22.9 Å². The number of nitrogens with two attached hydrogens (primary N) is 1. The van der Waals surface area contributed by atoms with Gasteiger partial charge in [-0.3, -0.25) is 0 Å². The Kier molecular flexibility index (Phi) is 4.20. The lowest BCUT2D eigenvalue weighted by atomic mass is 10.2. The number of aromatic nitrogens is 2. The third kappa shape index (κ3) is 3.05. The van der Waals surface area contributed by atoms with Gasteiger partial charge in [0, 0.05) is 17.2 Å². The van der Waals surface area contributed by atoms with Gasteiger partial charge >= 0.3 is 0 Å². The largest absolute Gasteiger partial charge is 0.340 e. The number of nitrogens with one attached hydrogen (secondary N) is 2. The van der Waals surface area contributed by atoms with E-state index in [9.17, 15) is 0 Å². The fourth-order valence-corrected chi connectivity index (χ4v) is 1.83. The molecule has 0 aliphatic rings. The minimum atomic E-state index is 0.237. The highest BCUT2D eigenvalue weighted by atomic mass is 15.3. The summed E-state index contributed by atoms with van der Waals surface area (Å²) in [5.41, 5.74) is 5.75. The highest BCUT2D eigenvalue weighted by molar-refractivity contribution is 5.64. The zero-order valence-electron chi connectivity index (χ0n) is 12.4. The molecule has 106 valence electrons. The molecule has 0 fully saturated rings. The molecule has 0 bridgehead atoms. The first-order valence-electron chi connectivity index (χ1n) is 6.70. The highest BCUT2D eigenvalue weighted by Crippen LogP contribution is 2.25. The maximum absolute atomic E-state index is 5.53. The summed E-state index contributed by atoms with van der Waals surface area (Å²) in [7, 11) is 0. The van der Waals surface area contributed by atoms with Gasteiger partial charge in [-0.2, -0.15) is 0 Å². The van der Waals surface area contributed by atoms with Crippen LogP contribution < -0.4 is 16.6 Å². The summed E-state index contributed by atoms with van der Waals surface area (Å²) < 4.78 is 0. The van der Waals surface area contributed by atoms with Gasteiger partial charge in [0.25, 0.3) is 0 Å². The van der Waals surface area contributed by atoms with Crippen molar-refractivity contribution in [1.82, 2.24) is 9.97 Å². The summed E-state index contributed by atoms with van der Waals surface area (Å²) in [6.45, 7) is 8.12. The first-order chi connectivity index (χ1) is 9.51. The van der Waals surface area contributed by atoms with Gasteiger partial charge in [0.15, 0.2) is 0 Å². The lowest BCUT2D eigenvalue weighted by Gasteiger charge is -2.15. The minimum Gasteiger partial charge on any atom is -0.340 e. The lowest BCUT2D eigenvalue weighted by Crippen LogP contribution is -2.14. The van der Waals surface area contributed by atoms with Crippen molar-refractivity contribution in [3.8, 4) is 0 Å². The highest BCUT2D eigenvalue weighted by Gasteiger charge is 2.12. The molecule has 1 aromatic heterocycles. The van der Waals surface area contributed by atoms with E-state index in [4.69, 9.17) is 5.84 Å². The van der Waals surface area contributed by atoms with Crippen LogP contribution in [0.5, 0.6) is 0 Å². The van der Waals surface area contributed by atoms with E-state index in [-0.39, 0.29) is 5.92 Å². The summed E-state index contributed by atoms with van der Waals surface area (Å²) >= 11 is 0. The summed E-state index contributed by atoms with van der Waals surface area (Å²) in [4.78, 5) is 9.00. The molecular weight excluding hydrogens is 250 g/mol. The Labute approximate surface area is 119 Å². The molecule has 2 rings (SSSR count). The van der Waals surface area contributed by atoms with Crippen LogP contribution in [0, 0.1) is 13.8 Å². The number of aryl methyl sites for hydroxylation is 1. The monoisotopic (exact) mass is 271 g/mol.